The van der Waals surface area contributed by atoms with Crippen molar-refractivity contribution in [3.05, 3.63) is 194 Å². The topological polar surface area (TPSA) is 98.1 Å². The molecule has 0 aromatic heterocycles. The Hall–Kier alpha value is -5.28. The number of halogens is 12. The Morgan fingerprint density at radius 3 is 0.760 bits per heavy atom. The number of piperidine rings is 3. The van der Waals surface area contributed by atoms with Crippen LogP contribution < -0.4 is 14.2 Å². The van der Waals surface area contributed by atoms with E-state index in [1.807, 2.05) is 36.4 Å². The van der Waals surface area contributed by atoms with E-state index in [9.17, 15) is 54.8 Å². The van der Waals surface area contributed by atoms with E-state index >= 15 is 0 Å². The maximum absolute atomic E-state index is 12.8. The van der Waals surface area contributed by atoms with Gasteiger partial charge in [0.1, 0.15) is 17.2 Å². The van der Waals surface area contributed by atoms with Gasteiger partial charge in [0.2, 0.25) is 0 Å². The molecule has 3 aliphatic carbocycles. The number of ether oxygens (including phenoxy) is 3. The molecule has 3 saturated heterocycles. The van der Waals surface area contributed by atoms with Crippen LogP contribution in [0.2, 0.25) is 15.1 Å². The highest BCUT2D eigenvalue weighted by Gasteiger charge is 2.47. The molecule has 12 rings (SSSR count). The first kappa shape index (κ1) is 73.4. The number of nitrogens with zero attached hydrogens (tertiary/aromatic N) is 3. The molecule has 3 heterocycles. The van der Waals surface area contributed by atoms with Gasteiger partial charge in [0, 0.05) is 86.8 Å². The molecule has 6 atom stereocenters. The molecule has 96 heavy (non-hydrogen) atoms. The summed E-state index contributed by atoms with van der Waals surface area (Å²) < 4.78 is 132. The molecule has 3 saturated carbocycles. The number of alkyl halides is 9. The lowest BCUT2D eigenvalue weighted by molar-refractivity contribution is -0.138. The fraction of sp³-hybridized carbons (Fsp3) is 0.520. The lowest BCUT2D eigenvalue weighted by atomic mass is 9.63. The average Bonchev–Trinajstić information content (AvgIpc) is 0.791. The van der Waals surface area contributed by atoms with E-state index in [2.05, 4.69) is 51.1 Å². The zero-order chi connectivity index (χ0) is 68.3. The standard InChI is InChI=1S/3C25H29ClF3NO2/c3*26-21-8-4-19(5-9-21)24(12-2-13-24)17-30-14-1-3-18(23(30)15-31)16-32-22-10-6-20(7-11-22)25(27,28)29/h3*4-11,18,23,31H,1-3,12-17H2/t3*18-,23+/m100/s1. The molecule has 0 amide bonds. The highest BCUT2D eigenvalue weighted by molar-refractivity contribution is 6.31. The summed E-state index contributed by atoms with van der Waals surface area (Å²) >= 11 is 18.2. The van der Waals surface area contributed by atoms with Crippen LogP contribution in [0, 0.1) is 17.8 Å². The number of benzene rings is 6. The summed E-state index contributed by atoms with van der Waals surface area (Å²) in [5, 5.41) is 32.8. The summed E-state index contributed by atoms with van der Waals surface area (Å²) in [4.78, 5) is 7.16. The number of hydrogen-bond acceptors (Lipinski definition) is 9. The third-order valence-corrected chi connectivity index (χ3v) is 22.2. The number of likely N-dealkylation sites (tertiary alicyclic amines) is 3. The second-order valence-electron chi connectivity index (χ2n) is 27.3. The van der Waals surface area contributed by atoms with Gasteiger partial charge in [0.25, 0.3) is 0 Å². The third kappa shape index (κ3) is 18.4. The van der Waals surface area contributed by atoms with E-state index in [0.717, 1.165) is 168 Å². The van der Waals surface area contributed by atoms with Crippen LogP contribution in [0.3, 0.4) is 0 Å². The lowest BCUT2D eigenvalue weighted by Crippen LogP contribution is -2.55. The van der Waals surface area contributed by atoms with E-state index < -0.39 is 35.2 Å². The molecule has 0 bridgehead atoms. The van der Waals surface area contributed by atoms with Crippen molar-refractivity contribution in [2.75, 3.05) is 78.9 Å². The van der Waals surface area contributed by atoms with Gasteiger partial charge in [-0.25, -0.2) is 0 Å². The molecule has 6 aliphatic rings. The van der Waals surface area contributed by atoms with Gasteiger partial charge in [-0.1, -0.05) is 90.5 Å². The maximum Gasteiger partial charge on any atom is 0.416 e. The van der Waals surface area contributed by atoms with Gasteiger partial charge in [-0.3, -0.25) is 14.7 Å². The van der Waals surface area contributed by atoms with E-state index in [0.29, 0.717) is 37.1 Å². The van der Waals surface area contributed by atoms with E-state index in [4.69, 9.17) is 49.0 Å². The van der Waals surface area contributed by atoms with Crippen LogP contribution in [0.4, 0.5) is 39.5 Å². The number of rotatable bonds is 21. The van der Waals surface area contributed by atoms with Crippen LogP contribution in [0.1, 0.15) is 130 Å². The minimum absolute atomic E-state index is 0.0250. The Morgan fingerprint density at radius 1 is 0.344 bits per heavy atom. The summed E-state index contributed by atoms with van der Waals surface area (Å²) in [5.74, 6) is 1.63. The summed E-state index contributed by atoms with van der Waals surface area (Å²) in [6.07, 6.45) is 3.05. The summed E-state index contributed by atoms with van der Waals surface area (Å²) in [6.45, 7) is 6.69. The number of aliphatic hydroxyl groups excluding tert-OH is 3. The molecular formula is C75H87Cl3F9N3O6. The van der Waals surface area contributed by atoms with Gasteiger partial charge < -0.3 is 29.5 Å². The van der Waals surface area contributed by atoms with Crippen molar-refractivity contribution in [3.63, 3.8) is 0 Å². The van der Waals surface area contributed by atoms with Crippen molar-refractivity contribution in [3.8, 4) is 17.2 Å². The Bertz CT molecular complexity index is 3000. The minimum atomic E-state index is -4.36. The third-order valence-electron chi connectivity index (χ3n) is 21.4. The molecule has 9 nitrogen and oxygen atoms in total. The van der Waals surface area contributed by atoms with Crippen molar-refractivity contribution in [1.29, 1.82) is 0 Å². The Labute approximate surface area is 572 Å². The van der Waals surface area contributed by atoms with Crippen molar-refractivity contribution in [1.82, 2.24) is 14.7 Å². The van der Waals surface area contributed by atoms with Gasteiger partial charge >= 0.3 is 18.5 Å². The van der Waals surface area contributed by atoms with Crippen molar-refractivity contribution in [2.45, 2.75) is 149 Å². The molecule has 6 fully saturated rings. The van der Waals surface area contributed by atoms with E-state index in [1.165, 1.54) is 72.4 Å². The summed E-state index contributed by atoms with van der Waals surface area (Å²) in [6, 6.07) is 38.7. The quantitative estimate of drug-likeness (QED) is 0.0609. The number of aliphatic hydroxyl groups is 3. The molecule has 0 spiro atoms. The first-order valence-electron chi connectivity index (χ1n) is 33.7. The fourth-order valence-electron chi connectivity index (χ4n) is 15.4. The van der Waals surface area contributed by atoms with Crippen LogP contribution in [0.5, 0.6) is 17.2 Å². The second kappa shape index (κ2) is 32.4. The van der Waals surface area contributed by atoms with Crippen LogP contribution in [-0.4, -0.2) is 127 Å². The van der Waals surface area contributed by atoms with Crippen molar-refractivity contribution >= 4 is 34.8 Å². The monoisotopic (exact) mass is 1400 g/mol. The molecular weight excluding hydrogens is 1320 g/mol. The highest BCUT2D eigenvalue weighted by Crippen LogP contribution is 2.49. The van der Waals surface area contributed by atoms with Crippen LogP contribution in [0.15, 0.2) is 146 Å². The van der Waals surface area contributed by atoms with E-state index in [-0.39, 0.29) is 71.9 Å². The zero-order valence-corrected chi connectivity index (χ0v) is 56.1. The van der Waals surface area contributed by atoms with Crippen LogP contribution in [-0.2, 0) is 34.8 Å². The Balaban J connectivity index is 0.000000157. The normalized spacial score (nSPS) is 23.5. The van der Waals surface area contributed by atoms with Gasteiger partial charge in [0.15, 0.2) is 0 Å². The Kier molecular flexibility index (Phi) is 24.8. The molecule has 6 aromatic rings. The van der Waals surface area contributed by atoms with Gasteiger partial charge in [0.05, 0.1) is 56.3 Å². The number of hydrogen-bond donors (Lipinski definition) is 3. The lowest BCUT2D eigenvalue weighted by Gasteiger charge is -2.50. The van der Waals surface area contributed by atoms with Crippen LogP contribution in [0.25, 0.3) is 0 Å². The van der Waals surface area contributed by atoms with Crippen molar-refractivity contribution in [2.24, 2.45) is 17.8 Å². The first-order chi connectivity index (χ1) is 45.9. The van der Waals surface area contributed by atoms with E-state index in [1.54, 1.807) is 0 Å². The average molecular weight is 1400 g/mol. The SMILES string of the molecule is OC[C@@H]1[C@H](COc2ccc(C(F)(F)F)cc2)CCCN1CC1(c2ccc(Cl)cc2)CCC1.OC[C@@H]1[C@H](COc2ccc(C(F)(F)F)cc2)CCCN1CC1(c2ccc(Cl)cc2)CCC1.OC[C@H]1[C@@H](COc2ccc(C(F)(F)F)cc2)CCCN1CC1(c2ccc(Cl)cc2)CCC1. The zero-order valence-electron chi connectivity index (χ0n) is 53.9. The predicted molar refractivity (Wildman–Crippen MR) is 357 cm³/mol. The summed E-state index contributed by atoms with van der Waals surface area (Å²) in [7, 11) is 0. The predicted octanol–water partition coefficient (Wildman–Crippen LogP) is 17.8. The smallest absolute Gasteiger partial charge is 0.416 e. The highest BCUT2D eigenvalue weighted by atomic mass is 35.5. The van der Waals surface area contributed by atoms with Crippen molar-refractivity contribution < 1.29 is 69.0 Å². The summed E-state index contributed by atoms with van der Waals surface area (Å²) in [5.41, 5.74) is 2.12. The first-order valence-corrected chi connectivity index (χ1v) is 34.8. The molecule has 522 valence electrons. The molecule has 6 aromatic carbocycles. The molecule has 3 aliphatic heterocycles. The van der Waals surface area contributed by atoms with Gasteiger partial charge in [-0.15, -0.1) is 0 Å². The van der Waals surface area contributed by atoms with Crippen LogP contribution >= 0.6 is 34.8 Å². The minimum Gasteiger partial charge on any atom is -0.493 e. The Morgan fingerprint density at radius 2 is 0.573 bits per heavy atom. The van der Waals surface area contributed by atoms with Gasteiger partial charge in [-0.2, -0.15) is 39.5 Å². The molecule has 0 radical (unpaired) electrons. The fourth-order valence-corrected chi connectivity index (χ4v) is 15.8. The largest absolute Gasteiger partial charge is 0.493 e. The second-order valence-corrected chi connectivity index (χ2v) is 28.6. The molecule has 0 unspecified atom stereocenters. The van der Waals surface area contributed by atoms with Gasteiger partial charge in [-0.05, 0) is 223 Å². The maximum atomic E-state index is 12.8. The molecule has 3 N–H and O–H groups in total. The molecule has 21 heteroatoms.